The van der Waals surface area contributed by atoms with E-state index in [2.05, 4.69) is 0 Å². The highest BCUT2D eigenvalue weighted by Crippen LogP contribution is 2.18. The Morgan fingerprint density at radius 1 is 1.22 bits per heavy atom. The van der Waals surface area contributed by atoms with Crippen molar-refractivity contribution in [3.63, 3.8) is 0 Å². The molecule has 0 unspecified atom stereocenters. The Kier molecular flexibility index (Phi) is 5.13. The largest absolute Gasteiger partial charge is 0.478 e. The van der Waals surface area contributed by atoms with Crippen molar-refractivity contribution in [2.75, 3.05) is 20.5 Å². The van der Waals surface area contributed by atoms with Crippen LogP contribution in [0.3, 0.4) is 0 Å². The van der Waals surface area contributed by atoms with E-state index in [1.165, 1.54) is 25.3 Å². The van der Waals surface area contributed by atoms with E-state index in [0.717, 1.165) is 0 Å². The molecule has 0 saturated heterocycles. The SMILES string of the molecule is CCOC(=O)c1cc(OCOC)cc(C(=O)O)c1. The van der Waals surface area contributed by atoms with E-state index >= 15 is 0 Å². The third-order valence-corrected chi connectivity index (χ3v) is 2.01. The first kappa shape index (κ1) is 14.0. The summed E-state index contributed by atoms with van der Waals surface area (Å²) in [6.45, 7) is 1.84. The van der Waals surface area contributed by atoms with E-state index in [1.807, 2.05) is 0 Å². The van der Waals surface area contributed by atoms with Crippen LogP contribution in [-0.2, 0) is 9.47 Å². The van der Waals surface area contributed by atoms with Gasteiger partial charge in [0.25, 0.3) is 0 Å². The maximum absolute atomic E-state index is 11.5. The molecule has 1 aromatic carbocycles. The molecule has 0 aromatic heterocycles. The summed E-state index contributed by atoms with van der Waals surface area (Å²) in [5.41, 5.74) is 0.0782. The van der Waals surface area contributed by atoms with Gasteiger partial charge in [-0.3, -0.25) is 0 Å². The topological polar surface area (TPSA) is 82.1 Å². The van der Waals surface area contributed by atoms with Crippen molar-refractivity contribution in [2.45, 2.75) is 6.92 Å². The van der Waals surface area contributed by atoms with Crippen molar-refractivity contribution in [3.8, 4) is 5.75 Å². The molecule has 0 heterocycles. The molecule has 0 radical (unpaired) electrons. The predicted molar refractivity (Wildman–Crippen MR) is 61.9 cm³/mol. The fourth-order valence-corrected chi connectivity index (χ4v) is 1.27. The van der Waals surface area contributed by atoms with E-state index in [-0.39, 0.29) is 30.3 Å². The van der Waals surface area contributed by atoms with E-state index in [1.54, 1.807) is 6.92 Å². The van der Waals surface area contributed by atoms with Gasteiger partial charge in [0.1, 0.15) is 5.75 Å². The van der Waals surface area contributed by atoms with E-state index in [9.17, 15) is 9.59 Å². The maximum atomic E-state index is 11.5. The Morgan fingerprint density at radius 2 is 1.89 bits per heavy atom. The molecule has 0 aliphatic carbocycles. The number of benzene rings is 1. The van der Waals surface area contributed by atoms with Crippen LogP contribution >= 0.6 is 0 Å². The summed E-state index contributed by atoms with van der Waals surface area (Å²) in [5.74, 6) is -1.51. The normalized spacial score (nSPS) is 9.89. The van der Waals surface area contributed by atoms with Crippen molar-refractivity contribution in [1.82, 2.24) is 0 Å². The molecule has 6 heteroatoms. The van der Waals surface area contributed by atoms with Gasteiger partial charge in [-0.05, 0) is 25.1 Å². The number of carbonyl (C=O) groups excluding carboxylic acids is 1. The number of methoxy groups -OCH3 is 1. The molecular weight excluding hydrogens is 240 g/mol. The van der Waals surface area contributed by atoms with E-state index < -0.39 is 11.9 Å². The fourth-order valence-electron chi connectivity index (χ4n) is 1.27. The van der Waals surface area contributed by atoms with E-state index in [0.29, 0.717) is 0 Å². The average molecular weight is 254 g/mol. The molecule has 1 N–H and O–H groups in total. The average Bonchev–Trinajstić information content (AvgIpc) is 2.36. The number of carboxylic acid groups (broad SMARTS) is 1. The number of esters is 1. The Bertz CT molecular complexity index is 440. The van der Waals surface area contributed by atoms with Gasteiger partial charge in [0.2, 0.25) is 0 Å². The Morgan fingerprint density at radius 3 is 2.44 bits per heavy atom. The molecule has 0 amide bonds. The van der Waals surface area contributed by atoms with Crippen LogP contribution in [0, 0.1) is 0 Å². The molecule has 1 rings (SSSR count). The number of hydrogen-bond donors (Lipinski definition) is 1. The van der Waals surface area contributed by atoms with Gasteiger partial charge in [-0.25, -0.2) is 9.59 Å². The molecule has 98 valence electrons. The molecule has 0 atom stereocenters. The molecule has 0 spiro atoms. The van der Waals surface area contributed by atoms with Gasteiger partial charge in [0.05, 0.1) is 17.7 Å². The summed E-state index contributed by atoms with van der Waals surface area (Å²) in [4.78, 5) is 22.5. The first-order valence-electron chi connectivity index (χ1n) is 5.25. The van der Waals surface area contributed by atoms with Crippen molar-refractivity contribution >= 4 is 11.9 Å². The molecule has 1 aromatic rings. The summed E-state index contributed by atoms with van der Waals surface area (Å²) in [7, 11) is 1.44. The lowest BCUT2D eigenvalue weighted by Crippen LogP contribution is -2.08. The van der Waals surface area contributed by atoms with Gasteiger partial charge in [-0.2, -0.15) is 0 Å². The minimum atomic E-state index is -1.15. The molecule has 0 aliphatic heterocycles. The number of carboxylic acids is 1. The minimum absolute atomic E-state index is 0.0364. The summed E-state index contributed by atoms with van der Waals surface area (Å²) in [5, 5.41) is 8.93. The first-order valence-corrected chi connectivity index (χ1v) is 5.25. The number of ether oxygens (including phenoxy) is 3. The van der Waals surface area contributed by atoms with Crippen LogP contribution < -0.4 is 4.74 Å². The Balaban J connectivity index is 3.05. The van der Waals surface area contributed by atoms with Crippen LogP contribution in [0.4, 0.5) is 0 Å². The third kappa shape index (κ3) is 3.74. The molecule has 0 bridgehead atoms. The third-order valence-electron chi connectivity index (χ3n) is 2.01. The van der Waals surface area contributed by atoms with Crippen molar-refractivity contribution in [2.24, 2.45) is 0 Å². The second-order valence-electron chi connectivity index (χ2n) is 3.32. The van der Waals surface area contributed by atoms with E-state index in [4.69, 9.17) is 19.3 Å². The van der Waals surface area contributed by atoms with Crippen molar-refractivity contribution in [1.29, 1.82) is 0 Å². The smallest absolute Gasteiger partial charge is 0.338 e. The lowest BCUT2D eigenvalue weighted by atomic mass is 10.1. The molecule has 0 fully saturated rings. The number of rotatable bonds is 6. The molecule has 0 saturated carbocycles. The van der Waals surface area contributed by atoms with Gasteiger partial charge in [0, 0.05) is 7.11 Å². The second kappa shape index (κ2) is 6.61. The monoisotopic (exact) mass is 254 g/mol. The first-order chi connectivity index (χ1) is 8.58. The fraction of sp³-hybridized carbons (Fsp3) is 0.333. The van der Waals surface area contributed by atoms with Crippen molar-refractivity contribution < 1.29 is 28.9 Å². The highest BCUT2D eigenvalue weighted by atomic mass is 16.7. The van der Waals surface area contributed by atoms with Crippen LogP contribution in [0.25, 0.3) is 0 Å². The minimum Gasteiger partial charge on any atom is -0.478 e. The summed E-state index contributed by atoms with van der Waals surface area (Å²) < 4.78 is 14.6. The predicted octanol–water partition coefficient (Wildman–Crippen LogP) is 1.54. The van der Waals surface area contributed by atoms with Crippen LogP contribution in [0.5, 0.6) is 5.75 Å². The quantitative estimate of drug-likeness (QED) is 0.612. The molecular formula is C12H14O6. The van der Waals surface area contributed by atoms with Crippen LogP contribution in [0.15, 0.2) is 18.2 Å². The zero-order valence-corrected chi connectivity index (χ0v) is 10.1. The van der Waals surface area contributed by atoms with Crippen molar-refractivity contribution in [3.05, 3.63) is 29.3 Å². The number of hydrogen-bond acceptors (Lipinski definition) is 5. The van der Waals surface area contributed by atoms with Crippen LogP contribution in [-0.4, -0.2) is 37.6 Å². The molecule has 0 aliphatic rings. The summed E-state index contributed by atoms with van der Waals surface area (Å²) in [6, 6.07) is 3.95. The zero-order chi connectivity index (χ0) is 13.5. The second-order valence-corrected chi connectivity index (χ2v) is 3.32. The highest BCUT2D eigenvalue weighted by molar-refractivity contribution is 5.95. The Hall–Kier alpha value is -2.08. The molecule has 18 heavy (non-hydrogen) atoms. The van der Waals surface area contributed by atoms with Gasteiger partial charge in [-0.1, -0.05) is 0 Å². The Labute approximate surface area is 104 Å². The maximum Gasteiger partial charge on any atom is 0.338 e. The molecule has 6 nitrogen and oxygen atoms in total. The number of aromatic carboxylic acids is 1. The highest BCUT2D eigenvalue weighted by Gasteiger charge is 2.13. The van der Waals surface area contributed by atoms with Gasteiger partial charge >= 0.3 is 11.9 Å². The van der Waals surface area contributed by atoms with Gasteiger partial charge in [0.15, 0.2) is 6.79 Å². The summed E-state index contributed by atoms with van der Waals surface area (Å²) >= 11 is 0. The number of carbonyl (C=O) groups is 2. The summed E-state index contributed by atoms with van der Waals surface area (Å²) in [6.07, 6.45) is 0. The van der Waals surface area contributed by atoms with Crippen LogP contribution in [0.2, 0.25) is 0 Å². The van der Waals surface area contributed by atoms with Gasteiger partial charge in [-0.15, -0.1) is 0 Å². The van der Waals surface area contributed by atoms with Gasteiger partial charge < -0.3 is 19.3 Å². The standard InChI is InChI=1S/C12H14O6/c1-3-17-12(15)9-4-8(11(13)14)5-10(6-9)18-7-16-2/h4-6H,3,7H2,1-2H3,(H,13,14). The zero-order valence-electron chi connectivity index (χ0n) is 10.1. The lowest BCUT2D eigenvalue weighted by molar-refractivity contribution is 0.0488. The lowest BCUT2D eigenvalue weighted by Gasteiger charge is -2.08. The van der Waals surface area contributed by atoms with Crippen LogP contribution in [0.1, 0.15) is 27.6 Å².